The molecular weight excluding hydrogens is 540 g/mol. The Balaban J connectivity index is 0.000000194. The van der Waals surface area contributed by atoms with Gasteiger partial charge in [0.25, 0.3) is 0 Å². The lowest BCUT2D eigenvalue weighted by molar-refractivity contribution is 0.438. The van der Waals surface area contributed by atoms with Crippen molar-refractivity contribution < 1.29 is 0 Å². The highest BCUT2D eigenvalue weighted by Crippen LogP contribution is 2.45. The van der Waals surface area contributed by atoms with Crippen LogP contribution in [0.25, 0.3) is 0 Å². The maximum atomic E-state index is 2.31. The van der Waals surface area contributed by atoms with Crippen LogP contribution in [0.4, 0.5) is 0 Å². The Hall–Kier alpha value is -4.68. The summed E-state index contributed by atoms with van der Waals surface area (Å²) in [6.07, 6.45) is 1.03. The van der Waals surface area contributed by atoms with E-state index in [9.17, 15) is 0 Å². The van der Waals surface area contributed by atoms with E-state index in [1.54, 1.807) is 0 Å². The summed E-state index contributed by atoms with van der Waals surface area (Å²) in [4.78, 5) is 0. The van der Waals surface area contributed by atoms with Crippen molar-refractivity contribution in [2.75, 3.05) is 0 Å². The normalized spacial score (nSPS) is 11.1. The van der Waals surface area contributed by atoms with Crippen molar-refractivity contribution in [3.05, 3.63) is 215 Å². The van der Waals surface area contributed by atoms with E-state index >= 15 is 0 Å². The van der Waals surface area contributed by atoms with E-state index in [1.165, 1.54) is 33.4 Å². The Morgan fingerprint density at radius 2 is 0.556 bits per heavy atom. The molecule has 0 radical (unpaired) electrons. The Kier molecular flexibility index (Phi) is 12.1. The van der Waals surface area contributed by atoms with E-state index in [0.29, 0.717) is 5.92 Å². The van der Waals surface area contributed by atoms with Crippen molar-refractivity contribution in [2.24, 2.45) is 5.92 Å². The van der Waals surface area contributed by atoms with E-state index < -0.39 is 0 Å². The summed E-state index contributed by atoms with van der Waals surface area (Å²) < 4.78 is 0. The first-order chi connectivity index (χ1) is 22.1. The summed E-state index contributed by atoms with van der Waals surface area (Å²) in [6.45, 7) is 10.9. The van der Waals surface area contributed by atoms with Gasteiger partial charge in [0, 0.05) is 10.8 Å². The van der Waals surface area contributed by atoms with Crippen LogP contribution in [0.2, 0.25) is 0 Å². The highest BCUT2D eigenvalue weighted by Gasteiger charge is 2.39. The Morgan fingerprint density at radius 3 is 0.733 bits per heavy atom. The molecule has 0 saturated carbocycles. The molecule has 0 aromatic heterocycles. The lowest BCUT2D eigenvalue weighted by atomic mass is 9.63. The smallest absolute Gasteiger partial charge is 0.0474 e. The molecule has 45 heavy (non-hydrogen) atoms. The third-order valence-corrected chi connectivity index (χ3v) is 8.88. The second kappa shape index (κ2) is 16.4. The van der Waals surface area contributed by atoms with Gasteiger partial charge in [-0.3, -0.25) is 0 Å². The summed E-state index contributed by atoms with van der Waals surface area (Å²) in [6, 6.07) is 65.1. The number of hydrogen-bond acceptors (Lipinski definition) is 0. The second-order valence-corrected chi connectivity index (χ2v) is 11.4. The average molecular weight is 589 g/mol. The Morgan fingerprint density at radius 1 is 0.356 bits per heavy atom. The molecule has 228 valence electrons. The van der Waals surface area contributed by atoms with Crippen LogP contribution in [0.3, 0.4) is 0 Å². The maximum absolute atomic E-state index is 2.31. The number of benzene rings is 6. The molecule has 0 aliphatic heterocycles. The van der Waals surface area contributed by atoms with Crippen molar-refractivity contribution in [1.29, 1.82) is 0 Å². The second-order valence-electron chi connectivity index (χ2n) is 11.4. The summed E-state index contributed by atoms with van der Waals surface area (Å²) in [7, 11) is 0. The van der Waals surface area contributed by atoms with Gasteiger partial charge in [0.2, 0.25) is 0 Å². The lowest BCUT2D eigenvalue weighted by Gasteiger charge is -2.39. The first-order valence-corrected chi connectivity index (χ1v) is 16.5. The zero-order valence-electron chi connectivity index (χ0n) is 27.6. The van der Waals surface area contributed by atoms with Gasteiger partial charge in [0.05, 0.1) is 0 Å². The van der Waals surface area contributed by atoms with Crippen LogP contribution < -0.4 is 0 Å². The minimum absolute atomic E-state index is 0.0796. The molecule has 0 unspecified atom stereocenters. The van der Waals surface area contributed by atoms with Gasteiger partial charge in [0.15, 0.2) is 0 Å². The molecule has 6 aromatic carbocycles. The fourth-order valence-electron chi connectivity index (χ4n) is 6.88. The van der Waals surface area contributed by atoms with Crippen molar-refractivity contribution >= 4 is 0 Å². The van der Waals surface area contributed by atoms with Gasteiger partial charge < -0.3 is 0 Å². The van der Waals surface area contributed by atoms with Gasteiger partial charge in [0.1, 0.15) is 0 Å². The van der Waals surface area contributed by atoms with Crippen LogP contribution >= 0.6 is 0 Å². The van der Waals surface area contributed by atoms with E-state index in [4.69, 9.17) is 0 Å². The molecule has 0 bridgehead atoms. The Bertz CT molecular complexity index is 1430. The predicted molar refractivity (Wildman–Crippen MR) is 195 cm³/mol. The molecule has 0 aliphatic carbocycles. The SMILES string of the molecule is CC.CC(C)C(c1ccccc1)(c1ccccc1)c1ccccc1.CCC(c1ccccc1)(c1ccccc1)c1ccccc1. The van der Waals surface area contributed by atoms with Crippen LogP contribution in [0, 0.1) is 5.92 Å². The van der Waals surface area contributed by atoms with Gasteiger partial charge in [-0.1, -0.05) is 217 Å². The van der Waals surface area contributed by atoms with Crippen molar-refractivity contribution in [3.8, 4) is 0 Å². The standard InChI is InChI=1S/C22H22.C21H20.C2H6/c1-18(2)22(19-12-6-3-7-13-19,20-14-8-4-9-15-20)21-16-10-5-11-17-21;1-2-21(18-12-6-3-7-13-18,19-14-8-4-9-15-19)20-16-10-5-11-17-20;1-2/h3-18H,1-2H3;3-17H,2H2,1H3;1-2H3. The molecule has 0 amide bonds. The fourth-order valence-corrected chi connectivity index (χ4v) is 6.88. The van der Waals surface area contributed by atoms with Crippen molar-refractivity contribution in [2.45, 2.75) is 51.9 Å². The lowest BCUT2D eigenvalue weighted by Crippen LogP contribution is -2.35. The van der Waals surface area contributed by atoms with Crippen LogP contribution in [0.15, 0.2) is 182 Å². The minimum atomic E-state index is -0.121. The van der Waals surface area contributed by atoms with E-state index in [0.717, 1.165) is 6.42 Å². The summed E-state index contributed by atoms with van der Waals surface area (Å²) >= 11 is 0. The molecule has 0 aliphatic rings. The molecule has 0 heteroatoms. The zero-order chi connectivity index (χ0) is 32.0. The first-order valence-electron chi connectivity index (χ1n) is 16.5. The first kappa shape index (κ1) is 33.2. The third-order valence-electron chi connectivity index (χ3n) is 8.88. The molecule has 6 rings (SSSR count). The topological polar surface area (TPSA) is 0 Å². The quantitative estimate of drug-likeness (QED) is 0.155. The molecule has 0 nitrogen and oxygen atoms in total. The summed E-state index contributed by atoms with van der Waals surface area (Å²) in [5.74, 6) is 0.444. The van der Waals surface area contributed by atoms with Gasteiger partial charge in [-0.2, -0.15) is 0 Å². The minimum Gasteiger partial charge on any atom is -0.0683 e. The van der Waals surface area contributed by atoms with Gasteiger partial charge in [-0.05, 0) is 45.7 Å². The number of rotatable bonds is 8. The molecule has 0 saturated heterocycles. The van der Waals surface area contributed by atoms with Crippen LogP contribution in [-0.2, 0) is 10.8 Å². The predicted octanol–water partition coefficient (Wildman–Crippen LogP) is 12.1. The van der Waals surface area contributed by atoms with Crippen LogP contribution in [0.5, 0.6) is 0 Å². The zero-order valence-corrected chi connectivity index (χ0v) is 27.6. The van der Waals surface area contributed by atoms with E-state index in [-0.39, 0.29) is 10.8 Å². The summed E-state index contributed by atoms with van der Waals surface area (Å²) in [5, 5.41) is 0. The van der Waals surface area contributed by atoms with Gasteiger partial charge in [-0.25, -0.2) is 0 Å². The Labute approximate surface area is 272 Å². The molecule has 0 fully saturated rings. The van der Waals surface area contributed by atoms with E-state index in [2.05, 4.69) is 203 Å². The third kappa shape index (κ3) is 7.02. The molecular formula is C45H48. The molecule has 0 heterocycles. The van der Waals surface area contributed by atoms with Crippen LogP contribution in [0.1, 0.15) is 74.4 Å². The van der Waals surface area contributed by atoms with Gasteiger partial charge in [-0.15, -0.1) is 0 Å². The van der Waals surface area contributed by atoms with Crippen molar-refractivity contribution in [1.82, 2.24) is 0 Å². The molecule has 6 aromatic rings. The highest BCUT2D eigenvalue weighted by atomic mass is 14.4. The molecule has 0 spiro atoms. The van der Waals surface area contributed by atoms with E-state index in [1.807, 2.05) is 13.8 Å². The van der Waals surface area contributed by atoms with Crippen molar-refractivity contribution in [3.63, 3.8) is 0 Å². The molecule has 0 atom stereocenters. The van der Waals surface area contributed by atoms with Gasteiger partial charge >= 0.3 is 0 Å². The maximum Gasteiger partial charge on any atom is 0.0474 e. The monoisotopic (exact) mass is 588 g/mol. The number of hydrogen-bond donors (Lipinski definition) is 0. The molecule has 0 N–H and O–H groups in total. The average Bonchev–Trinajstić information content (AvgIpc) is 3.13. The fraction of sp³-hybridized carbons (Fsp3) is 0.200. The highest BCUT2D eigenvalue weighted by molar-refractivity contribution is 5.52. The summed E-state index contributed by atoms with van der Waals surface area (Å²) in [5.41, 5.74) is 7.90. The largest absolute Gasteiger partial charge is 0.0683 e. The van der Waals surface area contributed by atoms with Crippen LogP contribution in [-0.4, -0.2) is 0 Å².